The monoisotopic (exact) mass is 425 g/mol. The highest BCUT2D eigenvalue weighted by Gasteiger charge is 2.45. The Morgan fingerprint density at radius 3 is 2.74 bits per heavy atom. The second kappa shape index (κ2) is 7.36. The lowest BCUT2D eigenvalue weighted by Gasteiger charge is -2.16. The molecule has 4 nitrogen and oxygen atoms in total. The van der Waals surface area contributed by atoms with Crippen LogP contribution in [0.3, 0.4) is 0 Å². The number of carbonyl (C=O) groups excluding carboxylic acids is 1. The van der Waals surface area contributed by atoms with E-state index in [0.717, 1.165) is 40.6 Å². The Morgan fingerprint density at radius 1 is 1.26 bits per heavy atom. The fourth-order valence-electron chi connectivity index (χ4n) is 3.86. The molecule has 138 valence electrons. The van der Waals surface area contributed by atoms with E-state index in [0.29, 0.717) is 12.2 Å². The molecule has 0 heterocycles. The van der Waals surface area contributed by atoms with E-state index in [1.807, 2.05) is 43.3 Å². The van der Waals surface area contributed by atoms with Crippen LogP contribution in [0.15, 0.2) is 40.9 Å². The van der Waals surface area contributed by atoms with Crippen LogP contribution in [0.2, 0.25) is 0 Å². The first-order valence-electron chi connectivity index (χ1n) is 9.27. The van der Waals surface area contributed by atoms with Gasteiger partial charge in [-0.3, -0.25) is 4.79 Å². The number of carbonyl (C=O) groups is 1. The summed E-state index contributed by atoms with van der Waals surface area (Å²) >= 11 is 3.55. The van der Waals surface area contributed by atoms with Gasteiger partial charge in [0.05, 0.1) is 18.1 Å². The molecule has 0 bridgehead atoms. The zero-order valence-electron chi connectivity index (χ0n) is 15.1. The highest BCUT2D eigenvalue weighted by molar-refractivity contribution is 9.10. The molecule has 0 aromatic heterocycles. The first-order chi connectivity index (χ1) is 13.1. The molecule has 0 saturated heterocycles. The van der Waals surface area contributed by atoms with Crippen LogP contribution >= 0.6 is 15.9 Å². The lowest BCUT2D eigenvalue weighted by atomic mass is 10.1. The van der Waals surface area contributed by atoms with E-state index in [2.05, 4.69) is 22.0 Å². The van der Waals surface area contributed by atoms with Crippen LogP contribution in [0.1, 0.15) is 54.0 Å². The minimum absolute atomic E-state index is 0.00287. The maximum atomic E-state index is 11.8. The van der Waals surface area contributed by atoms with E-state index >= 15 is 0 Å². The van der Waals surface area contributed by atoms with E-state index in [-0.39, 0.29) is 23.9 Å². The standard InChI is InChI=1S/C22H20BrNO3/c1-2-26-22(25)19-11-18(19)13-3-6-15(7-4-13)27-20-10-9-17-16(20)8-5-14(12-24)21(17)23/h3-8,18-20H,2,9-11H2,1H3/t18-,19+,20-/m1/s1. The molecule has 1 saturated carbocycles. The van der Waals surface area contributed by atoms with Crippen LogP contribution < -0.4 is 4.74 Å². The molecule has 4 rings (SSSR count). The van der Waals surface area contributed by atoms with Crippen molar-refractivity contribution in [2.75, 3.05) is 6.61 Å². The quantitative estimate of drug-likeness (QED) is 0.628. The number of nitrogens with zero attached hydrogens (tertiary/aromatic N) is 1. The zero-order chi connectivity index (χ0) is 19.0. The van der Waals surface area contributed by atoms with Gasteiger partial charge >= 0.3 is 5.97 Å². The summed E-state index contributed by atoms with van der Waals surface area (Å²) in [5.41, 5.74) is 4.15. The fraction of sp³-hybridized carbons (Fsp3) is 0.364. The van der Waals surface area contributed by atoms with E-state index in [1.54, 1.807) is 0 Å². The van der Waals surface area contributed by atoms with Crippen molar-refractivity contribution in [1.29, 1.82) is 5.26 Å². The number of halogens is 1. The Balaban J connectivity index is 1.43. The smallest absolute Gasteiger partial charge is 0.309 e. The van der Waals surface area contributed by atoms with E-state index in [4.69, 9.17) is 14.7 Å². The van der Waals surface area contributed by atoms with Gasteiger partial charge in [-0.05, 0) is 82.9 Å². The van der Waals surface area contributed by atoms with Crippen molar-refractivity contribution in [1.82, 2.24) is 0 Å². The summed E-state index contributed by atoms with van der Waals surface area (Å²) < 4.78 is 12.2. The maximum absolute atomic E-state index is 11.8. The van der Waals surface area contributed by atoms with Crippen molar-refractivity contribution >= 4 is 21.9 Å². The second-order valence-corrected chi connectivity index (χ2v) is 7.81. The molecule has 27 heavy (non-hydrogen) atoms. The molecule has 5 heteroatoms. The van der Waals surface area contributed by atoms with Crippen molar-refractivity contribution in [2.24, 2.45) is 5.92 Å². The Hall–Kier alpha value is -2.32. The lowest BCUT2D eigenvalue weighted by Crippen LogP contribution is -2.07. The molecule has 3 atom stereocenters. The molecular formula is C22H20BrNO3. The van der Waals surface area contributed by atoms with Crippen LogP contribution in [0, 0.1) is 17.2 Å². The van der Waals surface area contributed by atoms with Crippen molar-refractivity contribution in [3.05, 3.63) is 63.1 Å². The van der Waals surface area contributed by atoms with Gasteiger partial charge in [-0.1, -0.05) is 18.2 Å². The van der Waals surface area contributed by atoms with Crippen LogP contribution in [0.25, 0.3) is 0 Å². The lowest BCUT2D eigenvalue weighted by molar-refractivity contribution is -0.144. The molecule has 0 unspecified atom stereocenters. The van der Waals surface area contributed by atoms with Crippen LogP contribution in [-0.4, -0.2) is 12.6 Å². The zero-order valence-corrected chi connectivity index (χ0v) is 16.7. The number of benzene rings is 2. The summed E-state index contributed by atoms with van der Waals surface area (Å²) in [4.78, 5) is 11.8. The van der Waals surface area contributed by atoms with Gasteiger partial charge in [-0.2, -0.15) is 5.26 Å². The van der Waals surface area contributed by atoms with Crippen LogP contribution in [0.4, 0.5) is 0 Å². The SMILES string of the molecule is CCOC(=O)[C@H]1C[C@@H]1c1ccc(O[C@@H]2CCc3c2ccc(C#N)c3Br)cc1. The number of hydrogen-bond donors (Lipinski definition) is 0. The van der Waals surface area contributed by atoms with Crippen molar-refractivity contribution in [3.63, 3.8) is 0 Å². The molecule has 1 fully saturated rings. The molecule has 0 aliphatic heterocycles. The van der Waals surface area contributed by atoms with Crippen molar-refractivity contribution in [2.45, 2.75) is 38.2 Å². The van der Waals surface area contributed by atoms with Crippen molar-refractivity contribution in [3.8, 4) is 11.8 Å². The molecule has 0 spiro atoms. The molecule has 0 amide bonds. The number of nitriles is 1. The summed E-state index contributed by atoms with van der Waals surface area (Å²) in [6, 6.07) is 14.1. The Labute approximate surface area is 167 Å². The summed E-state index contributed by atoms with van der Waals surface area (Å²) in [6.45, 7) is 2.27. The van der Waals surface area contributed by atoms with Crippen molar-refractivity contribution < 1.29 is 14.3 Å². The molecule has 0 N–H and O–H groups in total. The first kappa shape index (κ1) is 18.1. The fourth-order valence-corrected chi connectivity index (χ4v) is 4.51. The molecule has 2 aliphatic carbocycles. The summed E-state index contributed by atoms with van der Waals surface area (Å²) in [7, 11) is 0. The highest BCUT2D eigenvalue weighted by Crippen LogP contribution is 2.48. The van der Waals surface area contributed by atoms with Gasteiger partial charge in [0.15, 0.2) is 0 Å². The predicted molar refractivity (Wildman–Crippen MR) is 104 cm³/mol. The van der Waals surface area contributed by atoms with Gasteiger partial charge < -0.3 is 9.47 Å². The number of rotatable bonds is 5. The molecular weight excluding hydrogens is 406 g/mol. The third-order valence-corrected chi connectivity index (χ3v) is 6.28. The number of ether oxygens (including phenoxy) is 2. The van der Waals surface area contributed by atoms with Gasteiger partial charge in [0.2, 0.25) is 0 Å². The maximum Gasteiger partial charge on any atom is 0.309 e. The largest absolute Gasteiger partial charge is 0.486 e. The van der Waals surface area contributed by atoms with Gasteiger partial charge in [-0.15, -0.1) is 0 Å². The Kier molecular flexibility index (Phi) is 4.92. The molecule has 2 aromatic carbocycles. The average molecular weight is 426 g/mol. The van der Waals surface area contributed by atoms with Gasteiger partial charge in [-0.25, -0.2) is 0 Å². The molecule has 2 aliphatic rings. The molecule has 0 radical (unpaired) electrons. The topological polar surface area (TPSA) is 59.3 Å². The molecule has 2 aromatic rings. The second-order valence-electron chi connectivity index (χ2n) is 7.02. The van der Waals surface area contributed by atoms with Crippen LogP contribution in [-0.2, 0) is 16.0 Å². The minimum atomic E-state index is -0.0901. The van der Waals surface area contributed by atoms with Crippen LogP contribution in [0.5, 0.6) is 5.75 Å². The third kappa shape index (κ3) is 3.46. The highest BCUT2D eigenvalue weighted by atomic mass is 79.9. The summed E-state index contributed by atoms with van der Waals surface area (Å²) in [5, 5.41) is 9.17. The minimum Gasteiger partial charge on any atom is -0.486 e. The predicted octanol–water partition coefficient (Wildman–Crippen LogP) is 5.05. The van der Waals surface area contributed by atoms with Gasteiger partial charge in [0.25, 0.3) is 0 Å². The van der Waals surface area contributed by atoms with E-state index in [9.17, 15) is 4.79 Å². The Morgan fingerprint density at radius 2 is 2.04 bits per heavy atom. The first-order valence-corrected chi connectivity index (χ1v) is 10.1. The summed E-state index contributed by atoms with van der Waals surface area (Å²) in [5.74, 6) is 1.01. The van der Waals surface area contributed by atoms with Gasteiger partial charge in [0.1, 0.15) is 17.9 Å². The number of hydrogen-bond acceptors (Lipinski definition) is 4. The number of esters is 1. The Bertz CT molecular complexity index is 916. The summed E-state index contributed by atoms with van der Waals surface area (Å²) in [6.07, 6.45) is 2.67. The normalized spacial score (nSPS) is 22.6. The third-order valence-electron chi connectivity index (χ3n) is 5.37. The van der Waals surface area contributed by atoms with E-state index < -0.39 is 0 Å². The average Bonchev–Trinajstić information content (AvgIpc) is 3.38. The van der Waals surface area contributed by atoms with Gasteiger partial charge in [0, 0.05) is 4.47 Å². The van der Waals surface area contributed by atoms with E-state index in [1.165, 1.54) is 5.56 Å². The number of fused-ring (bicyclic) bond motifs is 1.